The van der Waals surface area contributed by atoms with Gasteiger partial charge in [0.2, 0.25) is 0 Å². The fourth-order valence-electron chi connectivity index (χ4n) is 1.61. The summed E-state index contributed by atoms with van der Waals surface area (Å²) in [6, 6.07) is 3.77. The number of carbonyl (C=O) groups is 1. The summed E-state index contributed by atoms with van der Waals surface area (Å²) in [7, 11) is 0. The molecule has 1 fully saturated rings. The predicted molar refractivity (Wildman–Crippen MR) is 55.8 cm³/mol. The summed E-state index contributed by atoms with van der Waals surface area (Å²) in [6.45, 7) is 0.280. The van der Waals surface area contributed by atoms with Crippen molar-refractivity contribution in [3.63, 3.8) is 0 Å². The maximum Gasteiger partial charge on any atom is 0.335 e. The smallest absolute Gasteiger partial charge is 0.335 e. The molecule has 0 aromatic heterocycles. The molecule has 1 aliphatic carbocycles. The molecule has 1 aromatic carbocycles. The summed E-state index contributed by atoms with van der Waals surface area (Å²) in [5.41, 5.74) is 0.538. The van der Waals surface area contributed by atoms with Gasteiger partial charge in [-0.1, -0.05) is 0 Å². The monoisotopic (exact) mass is 224 g/mol. The van der Waals surface area contributed by atoms with Crippen molar-refractivity contribution in [1.29, 1.82) is 0 Å². The van der Waals surface area contributed by atoms with Gasteiger partial charge >= 0.3 is 5.97 Å². The number of rotatable bonds is 4. The number of halogens is 1. The van der Waals surface area contributed by atoms with E-state index in [9.17, 15) is 9.18 Å². The van der Waals surface area contributed by atoms with Gasteiger partial charge in [0, 0.05) is 0 Å². The van der Waals surface area contributed by atoms with Crippen LogP contribution in [0.4, 0.5) is 4.39 Å². The Hall–Kier alpha value is -1.42. The molecule has 0 radical (unpaired) electrons. The molecule has 0 aliphatic heterocycles. The number of carboxylic acids is 1. The van der Waals surface area contributed by atoms with Crippen molar-refractivity contribution in [2.45, 2.75) is 32.0 Å². The minimum Gasteiger partial charge on any atom is -0.478 e. The van der Waals surface area contributed by atoms with Crippen molar-refractivity contribution >= 4 is 5.97 Å². The van der Waals surface area contributed by atoms with E-state index in [4.69, 9.17) is 9.84 Å². The Morgan fingerprint density at radius 2 is 2.19 bits per heavy atom. The third-order valence-corrected chi connectivity index (χ3v) is 2.74. The summed E-state index contributed by atoms with van der Waals surface area (Å²) in [5, 5.41) is 8.76. The third kappa shape index (κ3) is 2.58. The van der Waals surface area contributed by atoms with E-state index >= 15 is 0 Å². The molecule has 3 nitrogen and oxygen atoms in total. The molecule has 0 saturated heterocycles. The lowest BCUT2D eigenvalue weighted by atomic mass is 9.96. The highest BCUT2D eigenvalue weighted by Crippen LogP contribution is 2.23. The molecule has 1 saturated carbocycles. The number of hydrogen-bond donors (Lipinski definition) is 1. The van der Waals surface area contributed by atoms with E-state index in [1.165, 1.54) is 18.6 Å². The van der Waals surface area contributed by atoms with Gasteiger partial charge in [0.15, 0.2) is 0 Å². The summed E-state index contributed by atoms with van der Waals surface area (Å²) >= 11 is 0. The van der Waals surface area contributed by atoms with E-state index in [2.05, 4.69) is 0 Å². The van der Waals surface area contributed by atoms with Crippen LogP contribution < -0.4 is 0 Å². The Bertz CT molecular complexity index is 399. The highest BCUT2D eigenvalue weighted by atomic mass is 19.1. The minimum atomic E-state index is -1.12. The quantitative estimate of drug-likeness (QED) is 0.855. The average molecular weight is 224 g/mol. The van der Waals surface area contributed by atoms with Crippen LogP contribution in [0.15, 0.2) is 18.2 Å². The van der Waals surface area contributed by atoms with E-state index in [1.54, 1.807) is 0 Å². The van der Waals surface area contributed by atoms with Gasteiger partial charge in [-0.15, -0.1) is 0 Å². The first kappa shape index (κ1) is 11.1. The van der Waals surface area contributed by atoms with E-state index in [0.29, 0.717) is 5.56 Å². The van der Waals surface area contributed by atoms with E-state index < -0.39 is 11.8 Å². The van der Waals surface area contributed by atoms with Crippen LogP contribution in [0.3, 0.4) is 0 Å². The topological polar surface area (TPSA) is 46.5 Å². The zero-order valence-corrected chi connectivity index (χ0v) is 8.78. The number of hydrogen-bond acceptors (Lipinski definition) is 2. The summed E-state index contributed by atoms with van der Waals surface area (Å²) in [4.78, 5) is 10.7. The fourth-order valence-corrected chi connectivity index (χ4v) is 1.61. The largest absolute Gasteiger partial charge is 0.478 e. The van der Waals surface area contributed by atoms with Crippen molar-refractivity contribution in [3.05, 3.63) is 35.1 Å². The van der Waals surface area contributed by atoms with Crippen molar-refractivity contribution in [2.24, 2.45) is 0 Å². The first-order valence-corrected chi connectivity index (χ1v) is 5.29. The van der Waals surface area contributed by atoms with E-state index in [1.807, 2.05) is 0 Å². The zero-order valence-electron chi connectivity index (χ0n) is 8.78. The summed E-state index contributed by atoms with van der Waals surface area (Å²) in [6.07, 6.45) is 3.52. The maximum atomic E-state index is 13.1. The first-order valence-electron chi connectivity index (χ1n) is 5.29. The molecule has 0 amide bonds. The van der Waals surface area contributed by atoms with Crippen LogP contribution in [0.25, 0.3) is 0 Å². The SMILES string of the molecule is O=C(O)c1cc(F)cc(COC2CCC2)c1. The molecule has 2 rings (SSSR count). The highest BCUT2D eigenvalue weighted by Gasteiger charge is 2.18. The fraction of sp³-hybridized carbons (Fsp3) is 0.417. The van der Waals surface area contributed by atoms with Gasteiger partial charge in [0.25, 0.3) is 0 Å². The second-order valence-corrected chi connectivity index (χ2v) is 4.02. The molecule has 0 unspecified atom stereocenters. The van der Waals surface area contributed by atoms with Crippen LogP contribution in [-0.2, 0) is 11.3 Å². The molecule has 1 N–H and O–H groups in total. The lowest BCUT2D eigenvalue weighted by molar-refractivity contribution is -0.00877. The Kier molecular flexibility index (Phi) is 3.19. The van der Waals surface area contributed by atoms with Crippen LogP contribution in [-0.4, -0.2) is 17.2 Å². The van der Waals surface area contributed by atoms with Crippen molar-refractivity contribution in [1.82, 2.24) is 0 Å². The molecule has 0 heterocycles. The molecular formula is C12H13FO3. The molecule has 1 aromatic rings. The van der Waals surface area contributed by atoms with Gasteiger partial charge in [0.1, 0.15) is 5.82 Å². The molecule has 86 valence electrons. The Morgan fingerprint density at radius 1 is 1.44 bits per heavy atom. The lowest BCUT2D eigenvalue weighted by Crippen LogP contribution is -2.21. The van der Waals surface area contributed by atoms with Crippen LogP contribution >= 0.6 is 0 Å². The van der Waals surface area contributed by atoms with Gasteiger partial charge in [-0.2, -0.15) is 0 Å². The lowest BCUT2D eigenvalue weighted by Gasteiger charge is -2.25. The first-order chi connectivity index (χ1) is 7.65. The van der Waals surface area contributed by atoms with Crippen molar-refractivity contribution in [2.75, 3.05) is 0 Å². The Labute approximate surface area is 92.9 Å². The van der Waals surface area contributed by atoms with Gasteiger partial charge < -0.3 is 9.84 Å². The molecule has 0 spiro atoms. The predicted octanol–water partition coefficient (Wildman–Crippen LogP) is 2.59. The van der Waals surface area contributed by atoms with Crippen LogP contribution in [0, 0.1) is 5.82 Å². The number of ether oxygens (including phenoxy) is 1. The van der Waals surface area contributed by atoms with Crippen molar-refractivity contribution in [3.8, 4) is 0 Å². The third-order valence-electron chi connectivity index (χ3n) is 2.74. The summed E-state index contributed by atoms with van der Waals surface area (Å²) in [5.74, 6) is -1.66. The summed E-state index contributed by atoms with van der Waals surface area (Å²) < 4.78 is 18.6. The molecule has 1 aliphatic rings. The number of benzene rings is 1. The van der Waals surface area contributed by atoms with Crippen molar-refractivity contribution < 1.29 is 19.0 Å². The van der Waals surface area contributed by atoms with Gasteiger partial charge in [0.05, 0.1) is 18.3 Å². The van der Waals surface area contributed by atoms with Crippen LogP contribution in [0.2, 0.25) is 0 Å². The Morgan fingerprint density at radius 3 is 2.75 bits per heavy atom. The minimum absolute atomic E-state index is 0.0350. The molecule has 4 heteroatoms. The maximum absolute atomic E-state index is 13.1. The van der Waals surface area contributed by atoms with E-state index in [-0.39, 0.29) is 18.3 Å². The molecule has 16 heavy (non-hydrogen) atoms. The zero-order chi connectivity index (χ0) is 11.5. The Balaban J connectivity index is 2.04. The highest BCUT2D eigenvalue weighted by molar-refractivity contribution is 5.87. The second-order valence-electron chi connectivity index (χ2n) is 4.02. The van der Waals surface area contributed by atoms with Gasteiger partial charge in [-0.05, 0) is 43.0 Å². The second kappa shape index (κ2) is 4.61. The number of carboxylic acid groups (broad SMARTS) is 1. The number of aromatic carboxylic acids is 1. The standard InChI is InChI=1S/C12H13FO3/c13-10-5-8(4-9(6-10)12(14)15)7-16-11-2-1-3-11/h4-6,11H,1-3,7H2,(H,14,15). The molecular weight excluding hydrogens is 211 g/mol. The van der Waals surface area contributed by atoms with Crippen LogP contribution in [0.1, 0.15) is 35.2 Å². The van der Waals surface area contributed by atoms with Crippen LogP contribution in [0.5, 0.6) is 0 Å². The van der Waals surface area contributed by atoms with E-state index in [0.717, 1.165) is 18.9 Å². The molecule has 0 atom stereocenters. The molecule has 0 bridgehead atoms. The van der Waals surface area contributed by atoms with Gasteiger partial charge in [-0.25, -0.2) is 9.18 Å². The average Bonchev–Trinajstić information content (AvgIpc) is 2.14. The van der Waals surface area contributed by atoms with Gasteiger partial charge in [-0.3, -0.25) is 0 Å². The normalized spacial score (nSPS) is 15.8.